The summed E-state index contributed by atoms with van der Waals surface area (Å²) in [5.74, 6) is -1.95. The van der Waals surface area contributed by atoms with E-state index in [-0.39, 0.29) is 45.3 Å². The molecule has 35 heavy (non-hydrogen) atoms. The van der Waals surface area contributed by atoms with Crippen molar-refractivity contribution < 1.29 is 27.5 Å². The van der Waals surface area contributed by atoms with Crippen LogP contribution in [0.5, 0.6) is 5.75 Å². The quantitative estimate of drug-likeness (QED) is 0.313. The summed E-state index contributed by atoms with van der Waals surface area (Å²) in [5.41, 5.74) is 11.1. The topological polar surface area (TPSA) is 171 Å². The number of carbonyl (C=O) groups is 3. The van der Waals surface area contributed by atoms with Crippen LogP contribution in [0.25, 0.3) is 0 Å². The van der Waals surface area contributed by atoms with Gasteiger partial charge in [0.05, 0.1) is 6.61 Å². The maximum atomic E-state index is 12.9. The number of sulfonamides is 1. The third-order valence-corrected chi connectivity index (χ3v) is 6.55. The lowest BCUT2D eigenvalue weighted by Gasteiger charge is -2.13. The van der Waals surface area contributed by atoms with Gasteiger partial charge in [-0.3, -0.25) is 19.1 Å². The van der Waals surface area contributed by atoms with Crippen LogP contribution in [0.15, 0.2) is 70.0 Å². The lowest BCUT2D eigenvalue weighted by Crippen LogP contribution is -2.18. The van der Waals surface area contributed by atoms with Gasteiger partial charge in [0.2, 0.25) is 11.8 Å². The van der Waals surface area contributed by atoms with Crippen molar-refractivity contribution in [3.05, 3.63) is 81.8 Å². The average Bonchev–Trinajstić information content (AvgIpc) is 2.80. The normalized spacial score (nSPS) is 10.9. The van der Waals surface area contributed by atoms with Gasteiger partial charge in [-0.15, -0.1) is 0 Å². The van der Waals surface area contributed by atoms with E-state index in [0.717, 1.165) is 0 Å². The number of halogens is 1. The van der Waals surface area contributed by atoms with E-state index in [1.54, 1.807) is 19.1 Å². The molecule has 3 rings (SSSR count). The second-order valence-electron chi connectivity index (χ2n) is 7.19. The van der Waals surface area contributed by atoms with Gasteiger partial charge in [-0.05, 0) is 67.6 Å². The first-order valence-corrected chi connectivity index (χ1v) is 12.4. The number of primary amides is 2. The second-order valence-corrected chi connectivity index (χ2v) is 9.76. The summed E-state index contributed by atoms with van der Waals surface area (Å²) >= 11 is 3.26. The Morgan fingerprint density at radius 2 is 1.46 bits per heavy atom. The Bertz CT molecular complexity index is 1380. The summed E-state index contributed by atoms with van der Waals surface area (Å²) < 4.78 is 34.3. The van der Waals surface area contributed by atoms with Crippen molar-refractivity contribution in [3.8, 4) is 5.75 Å². The number of benzene rings is 3. The van der Waals surface area contributed by atoms with Crippen LogP contribution in [0.2, 0.25) is 0 Å². The first kappa shape index (κ1) is 25.7. The second kappa shape index (κ2) is 10.6. The van der Waals surface area contributed by atoms with Gasteiger partial charge in [0.15, 0.2) is 0 Å². The lowest BCUT2D eigenvalue weighted by atomic mass is 10.1. The molecule has 0 aromatic heterocycles. The molecular formula is C23H21BrN4O6S. The fourth-order valence-electron chi connectivity index (χ4n) is 3.05. The number of anilines is 2. The van der Waals surface area contributed by atoms with E-state index in [4.69, 9.17) is 16.2 Å². The molecule has 0 unspecified atom stereocenters. The zero-order valence-corrected chi connectivity index (χ0v) is 20.8. The summed E-state index contributed by atoms with van der Waals surface area (Å²) in [5, 5.41) is 2.56. The summed E-state index contributed by atoms with van der Waals surface area (Å²) in [6, 6.07) is 14.1. The Labute approximate surface area is 209 Å². The molecule has 0 atom stereocenters. The molecular weight excluding hydrogens is 540 g/mol. The van der Waals surface area contributed by atoms with Crippen molar-refractivity contribution in [2.24, 2.45) is 11.5 Å². The van der Waals surface area contributed by atoms with Gasteiger partial charge in [-0.1, -0.05) is 15.9 Å². The maximum absolute atomic E-state index is 12.9. The molecule has 3 aromatic rings. The third-order valence-electron chi connectivity index (χ3n) is 4.65. The van der Waals surface area contributed by atoms with Crippen LogP contribution in [0.1, 0.15) is 38.0 Å². The molecule has 0 aliphatic rings. The van der Waals surface area contributed by atoms with Crippen LogP contribution < -0.4 is 26.2 Å². The molecule has 3 amide bonds. The molecule has 0 spiro atoms. The fraction of sp³-hybridized carbons (Fsp3) is 0.0870. The van der Waals surface area contributed by atoms with Crippen molar-refractivity contribution in [1.82, 2.24) is 0 Å². The third kappa shape index (κ3) is 6.37. The Hall–Kier alpha value is -3.90. The van der Waals surface area contributed by atoms with Crippen LogP contribution in [-0.2, 0) is 10.0 Å². The maximum Gasteiger partial charge on any atom is 0.265 e. The molecule has 0 bridgehead atoms. The molecule has 6 N–H and O–H groups in total. The smallest absolute Gasteiger partial charge is 0.265 e. The van der Waals surface area contributed by atoms with E-state index in [1.165, 1.54) is 48.5 Å². The summed E-state index contributed by atoms with van der Waals surface area (Å²) in [6.07, 6.45) is 0. The van der Waals surface area contributed by atoms with E-state index in [9.17, 15) is 22.8 Å². The van der Waals surface area contributed by atoms with E-state index in [0.29, 0.717) is 4.47 Å². The number of hydrogen-bond acceptors (Lipinski definition) is 6. The Morgan fingerprint density at radius 1 is 0.857 bits per heavy atom. The van der Waals surface area contributed by atoms with Gasteiger partial charge in [0.25, 0.3) is 15.9 Å². The zero-order chi connectivity index (χ0) is 25.8. The first-order chi connectivity index (χ1) is 16.5. The van der Waals surface area contributed by atoms with Gasteiger partial charge in [0, 0.05) is 32.5 Å². The highest BCUT2D eigenvalue weighted by molar-refractivity contribution is 9.10. The van der Waals surface area contributed by atoms with Crippen molar-refractivity contribution >= 4 is 55.0 Å². The van der Waals surface area contributed by atoms with Crippen molar-refractivity contribution in [1.29, 1.82) is 0 Å². The summed E-state index contributed by atoms with van der Waals surface area (Å²) in [4.78, 5) is 35.6. The molecule has 0 fully saturated rings. The van der Waals surface area contributed by atoms with Crippen LogP contribution >= 0.6 is 15.9 Å². The fourth-order valence-corrected chi connectivity index (χ4v) is 4.80. The Morgan fingerprint density at radius 3 is 2.00 bits per heavy atom. The SMILES string of the molecule is CCOc1ccc(Br)cc1S(=O)(=O)Nc1ccc(C(=O)Nc2cc(C(N)=O)cc(C(N)=O)c2)cc1. The largest absolute Gasteiger partial charge is 0.492 e. The van der Waals surface area contributed by atoms with E-state index in [1.807, 2.05) is 0 Å². The standard InChI is InChI=1S/C23H21BrN4O6S/c1-2-34-19-8-5-16(24)12-20(19)35(32,33)28-17-6-3-13(4-7-17)23(31)27-18-10-14(21(25)29)9-15(11-18)22(26)30/h3-12,28H,2H2,1H3,(H2,25,29)(H2,26,30)(H,27,31). The van der Waals surface area contributed by atoms with Crippen LogP contribution in [-0.4, -0.2) is 32.7 Å². The molecule has 0 saturated carbocycles. The highest BCUT2D eigenvalue weighted by Gasteiger charge is 2.21. The molecule has 182 valence electrons. The van der Waals surface area contributed by atoms with Crippen molar-refractivity contribution in [3.63, 3.8) is 0 Å². The average molecular weight is 561 g/mol. The molecule has 0 aliphatic heterocycles. The van der Waals surface area contributed by atoms with Gasteiger partial charge >= 0.3 is 0 Å². The Balaban J connectivity index is 1.80. The number of nitrogens with one attached hydrogen (secondary N) is 2. The molecule has 0 heterocycles. The molecule has 0 aliphatic carbocycles. The van der Waals surface area contributed by atoms with E-state index in [2.05, 4.69) is 26.0 Å². The first-order valence-electron chi connectivity index (χ1n) is 10.1. The molecule has 12 heteroatoms. The number of amides is 3. The minimum absolute atomic E-state index is 0.000301. The van der Waals surface area contributed by atoms with Gasteiger partial charge < -0.3 is 21.5 Å². The van der Waals surface area contributed by atoms with E-state index < -0.39 is 27.7 Å². The predicted octanol–water partition coefficient (Wildman–Crippen LogP) is 3.10. The van der Waals surface area contributed by atoms with Crippen LogP contribution in [0.4, 0.5) is 11.4 Å². The molecule has 3 aromatic carbocycles. The zero-order valence-electron chi connectivity index (χ0n) is 18.4. The van der Waals surface area contributed by atoms with Crippen LogP contribution in [0.3, 0.4) is 0 Å². The van der Waals surface area contributed by atoms with Gasteiger partial charge in [-0.25, -0.2) is 8.42 Å². The highest BCUT2D eigenvalue weighted by Crippen LogP contribution is 2.29. The van der Waals surface area contributed by atoms with Crippen molar-refractivity contribution in [2.75, 3.05) is 16.6 Å². The lowest BCUT2D eigenvalue weighted by molar-refractivity contribution is 0.0994. The van der Waals surface area contributed by atoms with Crippen molar-refractivity contribution in [2.45, 2.75) is 11.8 Å². The molecule has 10 nitrogen and oxygen atoms in total. The highest BCUT2D eigenvalue weighted by atomic mass is 79.9. The Kier molecular flexibility index (Phi) is 7.77. The number of nitrogens with two attached hydrogens (primary N) is 2. The minimum Gasteiger partial charge on any atom is -0.492 e. The number of hydrogen-bond donors (Lipinski definition) is 4. The number of rotatable bonds is 9. The minimum atomic E-state index is -3.99. The summed E-state index contributed by atoms with van der Waals surface area (Å²) in [6.45, 7) is 2.03. The van der Waals surface area contributed by atoms with E-state index >= 15 is 0 Å². The van der Waals surface area contributed by atoms with Gasteiger partial charge in [0.1, 0.15) is 10.6 Å². The number of ether oxygens (including phenoxy) is 1. The van der Waals surface area contributed by atoms with Crippen LogP contribution in [0, 0.1) is 0 Å². The number of carbonyl (C=O) groups excluding carboxylic acids is 3. The molecule has 0 radical (unpaired) electrons. The van der Waals surface area contributed by atoms with Gasteiger partial charge in [-0.2, -0.15) is 0 Å². The predicted molar refractivity (Wildman–Crippen MR) is 134 cm³/mol. The molecule has 0 saturated heterocycles. The summed E-state index contributed by atoms with van der Waals surface area (Å²) in [7, 11) is -3.99. The monoisotopic (exact) mass is 560 g/mol.